The first-order valence-corrected chi connectivity index (χ1v) is 10.6. The minimum atomic E-state index is 0.254. The van der Waals surface area contributed by atoms with Crippen LogP contribution in [0, 0.1) is 0 Å². The van der Waals surface area contributed by atoms with Crippen molar-refractivity contribution in [1.82, 2.24) is 15.3 Å². The second kappa shape index (κ2) is 9.51. The van der Waals surface area contributed by atoms with Crippen molar-refractivity contribution in [2.24, 2.45) is 0 Å². The first kappa shape index (κ1) is 20.7. The fourth-order valence-electron chi connectivity index (χ4n) is 3.38. The van der Waals surface area contributed by atoms with Gasteiger partial charge in [-0.1, -0.05) is 29.3 Å². The first-order valence-electron chi connectivity index (χ1n) is 9.80. The highest BCUT2D eigenvalue weighted by Crippen LogP contribution is 2.27. The fourth-order valence-corrected chi connectivity index (χ4v) is 3.85. The number of nitrogens with one attached hydrogen (secondary N) is 1. The lowest BCUT2D eigenvalue weighted by Gasteiger charge is -2.28. The number of pyridine rings is 2. The number of benzene rings is 1. The van der Waals surface area contributed by atoms with Crippen LogP contribution in [-0.4, -0.2) is 36.1 Å². The molecule has 0 bridgehead atoms. The van der Waals surface area contributed by atoms with Crippen LogP contribution in [0.3, 0.4) is 0 Å². The van der Waals surface area contributed by atoms with Gasteiger partial charge in [0.05, 0.1) is 10.0 Å². The molecule has 8 heteroatoms. The van der Waals surface area contributed by atoms with E-state index < -0.39 is 0 Å². The average Bonchev–Trinajstić information content (AvgIpc) is 2.77. The van der Waals surface area contributed by atoms with Crippen LogP contribution in [0.15, 0.2) is 48.9 Å². The first-order chi connectivity index (χ1) is 14.6. The Bertz CT molecular complexity index is 987. The van der Waals surface area contributed by atoms with Gasteiger partial charge in [-0.05, 0) is 35.4 Å². The van der Waals surface area contributed by atoms with E-state index in [-0.39, 0.29) is 6.61 Å². The molecule has 0 saturated carbocycles. The number of hydrogen-bond donors (Lipinski definition) is 2. The largest absolute Gasteiger partial charge is 0.489 e. The van der Waals surface area contributed by atoms with Crippen molar-refractivity contribution in [1.29, 1.82) is 0 Å². The molecular weight excluding hydrogens is 421 g/mol. The molecule has 6 nitrogen and oxygen atoms in total. The molecule has 4 rings (SSSR count). The Hall–Kier alpha value is -2.54. The zero-order valence-electron chi connectivity index (χ0n) is 16.4. The van der Waals surface area contributed by atoms with E-state index in [1.54, 1.807) is 12.4 Å². The van der Waals surface area contributed by atoms with Crippen LogP contribution in [0.4, 0.5) is 11.5 Å². The van der Waals surface area contributed by atoms with Crippen LogP contribution in [0.1, 0.15) is 16.7 Å². The Kier molecular flexibility index (Phi) is 6.57. The van der Waals surface area contributed by atoms with Gasteiger partial charge in [-0.3, -0.25) is 4.98 Å². The van der Waals surface area contributed by atoms with E-state index in [1.165, 1.54) is 0 Å². The highest BCUT2D eigenvalue weighted by Gasteiger charge is 2.12. The van der Waals surface area contributed by atoms with Crippen LogP contribution < -0.4 is 20.7 Å². The lowest BCUT2D eigenvalue weighted by Crippen LogP contribution is -2.43. The van der Waals surface area contributed by atoms with Crippen molar-refractivity contribution < 1.29 is 4.74 Å². The lowest BCUT2D eigenvalue weighted by atomic mass is 10.0. The maximum Gasteiger partial charge on any atom is 0.128 e. The minimum Gasteiger partial charge on any atom is -0.489 e. The number of nitrogens with two attached hydrogens (primary N) is 1. The molecule has 3 heterocycles. The molecular formula is C22H23Cl2N5O. The predicted octanol–water partition coefficient (Wildman–Crippen LogP) is 3.95. The van der Waals surface area contributed by atoms with Gasteiger partial charge in [0.25, 0.3) is 0 Å². The zero-order chi connectivity index (χ0) is 20.9. The van der Waals surface area contributed by atoms with Crippen molar-refractivity contribution >= 4 is 34.7 Å². The van der Waals surface area contributed by atoms with Gasteiger partial charge in [-0.25, -0.2) is 4.98 Å². The highest BCUT2D eigenvalue weighted by atomic mass is 35.5. The molecule has 1 saturated heterocycles. The van der Waals surface area contributed by atoms with Gasteiger partial charge in [0.1, 0.15) is 18.2 Å². The van der Waals surface area contributed by atoms with E-state index in [0.29, 0.717) is 33.5 Å². The molecule has 30 heavy (non-hydrogen) atoms. The Morgan fingerprint density at radius 3 is 2.50 bits per heavy atom. The molecule has 3 aromatic rings. The fraction of sp³-hybridized carbons (Fsp3) is 0.273. The van der Waals surface area contributed by atoms with Crippen molar-refractivity contribution in [3.63, 3.8) is 0 Å². The summed E-state index contributed by atoms with van der Waals surface area (Å²) in [7, 11) is 0. The van der Waals surface area contributed by atoms with Gasteiger partial charge in [0, 0.05) is 62.4 Å². The number of piperazine rings is 1. The molecule has 1 aliphatic heterocycles. The molecule has 2 aromatic heterocycles. The average molecular weight is 444 g/mol. The number of aromatic nitrogens is 2. The molecule has 0 spiro atoms. The summed E-state index contributed by atoms with van der Waals surface area (Å²) in [6.45, 7) is 4.18. The molecule has 1 aliphatic rings. The standard InChI is InChI=1S/C22H23Cl2N5O/c23-19-12-27-13-20(24)18(19)14-30-17-2-3-21(25)16(10-17)9-15-1-4-22(28-11-15)29-7-5-26-6-8-29/h1-4,10-13,26H,5-9,14,25H2. The normalized spacial score (nSPS) is 14.0. The third kappa shape index (κ3) is 4.95. The summed E-state index contributed by atoms with van der Waals surface area (Å²) in [5.41, 5.74) is 9.70. The number of ether oxygens (including phenoxy) is 1. The number of nitrogen functional groups attached to an aromatic ring is 1. The molecule has 0 atom stereocenters. The van der Waals surface area contributed by atoms with E-state index in [2.05, 4.69) is 32.3 Å². The van der Waals surface area contributed by atoms with Crippen molar-refractivity contribution in [3.8, 4) is 5.75 Å². The van der Waals surface area contributed by atoms with Gasteiger partial charge < -0.3 is 20.7 Å². The Morgan fingerprint density at radius 2 is 1.80 bits per heavy atom. The summed E-state index contributed by atoms with van der Waals surface area (Å²) in [6, 6.07) is 9.82. The molecule has 0 radical (unpaired) electrons. The van der Waals surface area contributed by atoms with Crippen molar-refractivity contribution in [2.75, 3.05) is 36.8 Å². The van der Waals surface area contributed by atoms with E-state index in [9.17, 15) is 0 Å². The van der Waals surface area contributed by atoms with Crippen LogP contribution in [-0.2, 0) is 13.0 Å². The van der Waals surface area contributed by atoms with Crippen LogP contribution in [0.2, 0.25) is 10.0 Å². The van der Waals surface area contributed by atoms with E-state index >= 15 is 0 Å². The smallest absolute Gasteiger partial charge is 0.128 e. The van der Waals surface area contributed by atoms with Crippen molar-refractivity contribution in [2.45, 2.75) is 13.0 Å². The Labute approximate surface area is 186 Å². The second-order valence-electron chi connectivity index (χ2n) is 7.17. The number of halogens is 2. The summed E-state index contributed by atoms with van der Waals surface area (Å²) in [4.78, 5) is 10.9. The van der Waals surface area contributed by atoms with E-state index in [0.717, 1.165) is 43.1 Å². The quantitative estimate of drug-likeness (QED) is 0.561. The summed E-state index contributed by atoms with van der Waals surface area (Å²) >= 11 is 12.3. The number of rotatable bonds is 6. The van der Waals surface area contributed by atoms with E-state index in [1.807, 2.05) is 24.4 Å². The molecule has 156 valence electrons. The molecule has 1 aromatic carbocycles. The molecule has 0 amide bonds. The second-order valence-corrected chi connectivity index (χ2v) is 7.98. The SMILES string of the molecule is Nc1ccc(OCc2c(Cl)cncc2Cl)cc1Cc1ccc(N2CCNCC2)nc1. The predicted molar refractivity (Wildman–Crippen MR) is 122 cm³/mol. The number of hydrogen-bond acceptors (Lipinski definition) is 6. The summed E-state index contributed by atoms with van der Waals surface area (Å²) in [5.74, 6) is 1.71. The van der Waals surface area contributed by atoms with E-state index in [4.69, 9.17) is 33.7 Å². The lowest BCUT2D eigenvalue weighted by molar-refractivity contribution is 0.306. The molecule has 0 unspecified atom stereocenters. The number of anilines is 2. The highest BCUT2D eigenvalue weighted by molar-refractivity contribution is 6.35. The zero-order valence-corrected chi connectivity index (χ0v) is 18.0. The van der Waals surface area contributed by atoms with Gasteiger partial charge >= 0.3 is 0 Å². The Morgan fingerprint density at radius 1 is 1.03 bits per heavy atom. The third-order valence-electron chi connectivity index (χ3n) is 5.09. The van der Waals surface area contributed by atoms with Gasteiger partial charge in [0.2, 0.25) is 0 Å². The van der Waals surface area contributed by atoms with Crippen LogP contribution in [0.5, 0.6) is 5.75 Å². The summed E-state index contributed by atoms with van der Waals surface area (Å²) < 4.78 is 5.91. The topological polar surface area (TPSA) is 76.3 Å². The van der Waals surface area contributed by atoms with Gasteiger partial charge in [0.15, 0.2) is 0 Å². The van der Waals surface area contributed by atoms with Gasteiger partial charge in [-0.2, -0.15) is 0 Å². The summed E-state index contributed by atoms with van der Waals surface area (Å²) in [5, 5.41) is 4.31. The van der Waals surface area contributed by atoms with Crippen LogP contribution in [0.25, 0.3) is 0 Å². The van der Waals surface area contributed by atoms with Crippen LogP contribution >= 0.6 is 23.2 Å². The maximum absolute atomic E-state index is 6.20. The Balaban J connectivity index is 1.44. The molecule has 1 fully saturated rings. The maximum atomic E-state index is 6.20. The number of nitrogens with zero attached hydrogens (tertiary/aromatic N) is 3. The minimum absolute atomic E-state index is 0.254. The molecule has 3 N–H and O–H groups in total. The third-order valence-corrected chi connectivity index (χ3v) is 5.75. The van der Waals surface area contributed by atoms with Gasteiger partial charge in [-0.15, -0.1) is 0 Å². The monoisotopic (exact) mass is 443 g/mol. The summed E-state index contributed by atoms with van der Waals surface area (Å²) in [6.07, 6.45) is 5.70. The molecule has 0 aliphatic carbocycles. The van der Waals surface area contributed by atoms with Crippen molar-refractivity contribution in [3.05, 3.63) is 75.7 Å².